The van der Waals surface area contributed by atoms with Crippen molar-refractivity contribution in [2.45, 2.75) is 38.1 Å². The van der Waals surface area contributed by atoms with Gasteiger partial charge >= 0.3 is 5.97 Å². The van der Waals surface area contributed by atoms with Crippen molar-refractivity contribution in [3.63, 3.8) is 0 Å². The first-order valence-electron chi connectivity index (χ1n) is 7.47. The Kier molecular flexibility index (Phi) is 4.55. The van der Waals surface area contributed by atoms with Gasteiger partial charge in [0.15, 0.2) is 12.1 Å². The number of carbonyl (C=O) groups excluding carboxylic acids is 1. The van der Waals surface area contributed by atoms with E-state index in [0.717, 1.165) is 0 Å². The van der Waals surface area contributed by atoms with Crippen LogP contribution in [0, 0.1) is 0 Å². The Labute approximate surface area is 138 Å². The van der Waals surface area contributed by atoms with E-state index in [1.54, 1.807) is 38.1 Å². The predicted octanol–water partition coefficient (Wildman–Crippen LogP) is 2.91. The molecule has 2 fully saturated rings. The second-order valence-corrected chi connectivity index (χ2v) is 5.85. The minimum atomic E-state index is -0.795. The zero-order valence-corrected chi connectivity index (χ0v) is 13.3. The second kappa shape index (κ2) is 6.62. The van der Waals surface area contributed by atoms with Gasteiger partial charge in [-0.15, -0.1) is 0 Å². The molecule has 0 aliphatic carbocycles. The lowest BCUT2D eigenvalue weighted by molar-refractivity contribution is -0.202. The number of hydrogen-bond donors (Lipinski definition) is 0. The van der Waals surface area contributed by atoms with E-state index in [1.807, 2.05) is 6.07 Å². The maximum Gasteiger partial charge on any atom is 0.338 e. The van der Waals surface area contributed by atoms with Gasteiger partial charge < -0.3 is 18.9 Å². The molecule has 1 aromatic carbocycles. The van der Waals surface area contributed by atoms with Gasteiger partial charge in [0.1, 0.15) is 18.8 Å². The summed E-state index contributed by atoms with van der Waals surface area (Å²) in [5, 5.41) is 3.46. The number of azide groups is 1. The fourth-order valence-corrected chi connectivity index (χ4v) is 2.67. The lowest BCUT2D eigenvalue weighted by Gasteiger charge is -2.21. The first-order chi connectivity index (χ1) is 11.5. The monoisotopic (exact) mass is 331 g/mol. The van der Waals surface area contributed by atoms with Crippen LogP contribution in [0.5, 0.6) is 0 Å². The first kappa shape index (κ1) is 16.5. The van der Waals surface area contributed by atoms with Crippen LogP contribution >= 0.6 is 0 Å². The summed E-state index contributed by atoms with van der Waals surface area (Å²) in [5.74, 6) is -1.25. The molecule has 0 amide bonds. The van der Waals surface area contributed by atoms with Gasteiger partial charge in [-0.1, -0.05) is 23.3 Å². The van der Waals surface area contributed by atoms with Crippen molar-refractivity contribution < 1.29 is 23.7 Å². The predicted molar refractivity (Wildman–Crippen MR) is 82.7 cm³/mol. The SMILES string of the molecule is CC1(C)O[C@H]2O[C@H](COC(=O)c3ccccc3)/C(=C/N=[N+]=[N-])[C@H]2O1. The summed E-state index contributed by atoms with van der Waals surface area (Å²) < 4.78 is 22.4. The van der Waals surface area contributed by atoms with Crippen LogP contribution in [0.3, 0.4) is 0 Å². The molecule has 3 rings (SSSR count). The van der Waals surface area contributed by atoms with Gasteiger partial charge in [0.2, 0.25) is 0 Å². The molecule has 126 valence electrons. The Morgan fingerprint density at radius 2 is 2.12 bits per heavy atom. The maximum atomic E-state index is 12.0. The van der Waals surface area contributed by atoms with Gasteiger partial charge in [0, 0.05) is 11.1 Å². The highest BCUT2D eigenvalue weighted by atomic mass is 16.8. The summed E-state index contributed by atoms with van der Waals surface area (Å²) >= 11 is 0. The molecule has 0 unspecified atom stereocenters. The quantitative estimate of drug-likeness (QED) is 0.365. The molecule has 0 radical (unpaired) electrons. The molecule has 2 aliphatic rings. The summed E-state index contributed by atoms with van der Waals surface area (Å²) in [6, 6.07) is 8.65. The molecular weight excluding hydrogens is 314 g/mol. The van der Waals surface area contributed by atoms with E-state index in [4.69, 9.17) is 24.5 Å². The Balaban J connectivity index is 1.69. The van der Waals surface area contributed by atoms with E-state index in [-0.39, 0.29) is 6.61 Å². The number of benzene rings is 1. The molecule has 0 saturated carbocycles. The molecule has 0 bridgehead atoms. The van der Waals surface area contributed by atoms with Crippen molar-refractivity contribution in [2.24, 2.45) is 5.11 Å². The van der Waals surface area contributed by atoms with Crippen LogP contribution in [-0.2, 0) is 18.9 Å². The highest BCUT2D eigenvalue weighted by Crippen LogP contribution is 2.40. The Hall–Kier alpha value is -2.38. The largest absolute Gasteiger partial charge is 0.459 e. The highest BCUT2D eigenvalue weighted by Gasteiger charge is 2.51. The van der Waals surface area contributed by atoms with Crippen molar-refractivity contribution in [1.29, 1.82) is 0 Å². The van der Waals surface area contributed by atoms with Gasteiger partial charge in [0.25, 0.3) is 0 Å². The number of carbonyl (C=O) groups is 1. The molecule has 0 N–H and O–H groups in total. The van der Waals surface area contributed by atoms with Gasteiger partial charge in [-0.2, -0.15) is 0 Å². The molecule has 3 atom stereocenters. The Bertz CT molecular complexity index is 697. The van der Waals surface area contributed by atoms with Gasteiger partial charge in [0.05, 0.1) is 5.56 Å². The van der Waals surface area contributed by atoms with Gasteiger partial charge in [-0.3, -0.25) is 0 Å². The van der Waals surface area contributed by atoms with Crippen molar-refractivity contribution in [2.75, 3.05) is 6.61 Å². The molecule has 0 aromatic heterocycles. The fraction of sp³-hybridized carbons (Fsp3) is 0.438. The van der Waals surface area contributed by atoms with E-state index in [2.05, 4.69) is 10.0 Å². The molecule has 2 heterocycles. The Morgan fingerprint density at radius 1 is 1.38 bits per heavy atom. The molecule has 1 aromatic rings. The third kappa shape index (κ3) is 3.42. The lowest BCUT2D eigenvalue weighted by atomic mass is 10.1. The number of nitrogens with zero attached hydrogens (tertiary/aromatic N) is 3. The van der Waals surface area contributed by atoms with Crippen LogP contribution in [0.1, 0.15) is 24.2 Å². The molecule has 8 nitrogen and oxygen atoms in total. The minimum absolute atomic E-state index is 0.0271. The van der Waals surface area contributed by atoms with Gasteiger partial charge in [-0.25, -0.2) is 4.79 Å². The third-order valence-electron chi connectivity index (χ3n) is 3.69. The molecule has 24 heavy (non-hydrogen) atoms. The third-order valence-corrected chi connectivity index (χ3v) is 3.69. The van der Waals surface area contributed by atoms with Crippen LogP contribution in [-0.4, -0.2) is 36.9 Å². The van der Waals surface area contributed by atoms with Crippen LogP contribution in [0.4, 0.5) is 0 Å². The molecule has 0 spiro atoms. The van der Waals surface area contributed by atoms with Crippen LogP contribution in [0.25, 0.3) is 10.4 Å². The van der Waals surface area contributed by atoms with Crippen molar-refractivity contribution in [3.8, 4) is 0 Å². The zero-order valence-electron chi connectivity index (χ0n) is 13.3. The van der Waals surface area contributed by atoms with Crippen LogP contribution in [0.15, 0.2) is 47.2 Å². The smallest absolute Gasteiger partial charge is 0.338 e. The maximum absolute atomic E-state index is 12.0. The summed E-state index contributed by atoms with van der Waals surface area (Å²) in [5.41, 5.74) is 9.57. The molecule has 8 heteroatoms. The summed E-state index contributed by atoms with van der Waals surface area (Å²) in [7, 11) is 0. The fourth-order valence-electron chi connectivity index (χ4n) is 2.67. The molecule has 2 aliphatic heterocycles. The number of rotatable bonds is 4. The van der Waals surface area contributed by atoms with Crippen molar-refractivity contribution in [3.05, 3.63) is 58.1 Å². The number of ether oxygens (including phenoxy) is 4. The topological polar surface area (TPSA) is 103 Å². The second-order valence-electron chi connectivity index (χ2n) is 5.85. The van der Waals surface area contributed by atoms with E-state index in [1.165, 1.54) is 6.20 Å². The van der Waals surface area contributed by atoms with Crippen molar-refractivity contribution >= 4 is 5.97 Å². The average Bonchev–Trinajstić information content (AvgIpc) is 3.03. The standard InChI is InChI=1S/C16H17N3O5/c1-16(2)23-13-11(8-18-19-17)12(22-15(13)24-16)9-21-14(20)10-6-4-3-5-7-10/h3-8,12-13,15H,9H2,1-2H3/b11-8-/t12-,13-,15-/m1/s1. The van der Waals surface area contributed by atoms with Crippen LogP contribution in [0.2, 0.25) is 0 Å². The zero-order chi connectivity index (χ0) is 17.2. The number of esters is 1. The molecule has 2 saturated heterocycles. The summed E-state index contributed by atoms with van der Waals surface area (Å²) in [4.78, 5) is 14.7. The van der Waals surface area contributed by atoms with E-state index in [9.17, 15) is 4.79 Å². The Morgan fingerprint density at radius 3 is 2.83 bits per heavy atom. The average molecular weight is 331 g/mol. The summed E-state index contributed by atoms with van der Waals surface area (Å²) in [6.45, 7) is 3.51. The number of fused-ring (bicyclic) bond motifs is 1. The minimum Gasteiger partial charge on any atom is -0.459 e. The van der Waals surface area contributed by atoms with Crippen LogP contribution < -0.4 is 0 Å². The van der Waals surface area contributed by atoms with Crippen molar-refractivity contribution in [1.82, 2.24) is 0 Å². The lowest BCUT2D eigenvalue weighted by Crippen LogP contribution is -2.28. The van der Waals surface area contributed by atoms with Gasteiger partial charge in [-0.05, 0) is 37.1 Å². The highest BCUT2D eigenvalue weighted by molar-refractivity contribution is 5.89. The first-order valence-corrected chi connectivity index (χ1v) is 7.47. The number of hydrogen-bond acceptors (Lipinski definition) is 6. The van der Waals surface area contributed by atoms with E-state index < -0.39 is 30.3 Å². The molecular formula is C16H17N3O5. The van der Waals surface area contributed by atoms with E-state index in [0.29, 0.717) is 11.1 Å². The normalized spacial score (nSPS) is 29.1. The van der Waals surface area contributed by atoms with E-state index >= 15 is 0 Å². The summed E-state index contributed by atoms with van der Waals surface area (Å²) in [6.07, 6.45) is -0.378.